The SMILES string of the molecule is CCCCN(C)C(=O)c1sc(=O)n(CC(=O)c2ccccc2F)c1C. The van der Waals surface area contributed by atoms with Gasteiger partial charge in [-0.3, -0.25) is 19.0 Å². The zero-order valence-corrected chi connectivity index (χ0v) is 15.4. The molecule has 0 radical (unpaired) electrons. The Balaban J connectivity index is 2.25. The van der Waals surface area contributed by atoms with Crippen LogP contribution in [0.3, 0.4) is 0 Å². The summed E-state index contributed by atoms with van der Waals surface area (Å²) in [5.41, 5.74) is 0.376. The summed E-state index contributed by atoms with van der Waals surface area (Å²) in [4.78, 5) is 38.5. The fraction of sp³-hybridized carbons (Fsp3) is 0.389. The number of hydrogen-bond acceptors (Lipinski definition) is 4. The largest absolute Gasteiger partial charge is 0.341 e. The average Bonchev–Trinajstić information content (AvgIpc) is 2.87. The molecule has 2 rings (SSSR count). The Labute approximate surface area is 149 Å². The molecule has 0 saturated carbocycles. The zero-order valence-electron chi connectivity index (χ0n) is 14.5. The fourth-order valence-corrected chi connectivity index (χ4v) is 3.43. The lowest BCUT2D eigenvalue weighted by Gasteiger charge is -2.16. The van der Waals surface area contributed by atoms with Crippen molar-refractivity contribution in [3.63, 3.8) is 0 Å². The highest BCUT2D eigenvalue weighted by atomic mass is 32.1. The van der Waals surface area contributed by atoms with Gasteiger partial charge in [-0.15, -0.1) is 0 Å². The first kappa shape index (κ1) is 19.1. The van der Waals surface area contributed by atoms with Crippen molar-refractivity contribution in [2.24, 2.45) is 0 Å². The molecule has 25 heavy (non-hydrogen) atoms. The van der Waals surface area contributed by atoms with Crippen LogP contribution in [0.15, 0.2) is 29.1 Å². The highest BCUT2D eigenvalue weighted by Gasteiger charge is 2.22. The first-order valence-corrected chi connectivity index (χ1v) is 8.91. The first-order chi connectivity index (χ1) is 11.9. The number of thiazole rings is 1. The highest BCUT2D eigenvalue weighted by Crippen LogP contribution is 2.16. The highest BCUT2D eigenvalue weighted by molar-refractivity contribution is 7.11. The first-order valence-electron chi connectivity index (χ1n) is 8.10. The molecule has 1 heterocycles. The zero-order chi connectivity index (χ0) is 18.6. The van der Waals surface area contributed by atoms with Gasteiger partial charge in [0.05, 0.1) is 12.1 Å². The molecule has 0 aliphatic rings. The third-order valence-corrected chi connectivity index (χ3v) is 5.08. The van der Waals surface area contributed by atoms with Gasteiger partial charge in [0.2, 0.25) is 0 Å². The van der Waals surface area contributed by atoms with E-state index in [-0.39, 0.29) is 18.0 Å². The van der Waals surface area contributed by atoms with Crippen molar-refractivity contribution < 1.29 is 14.0 Å². The molecule has 1 aromatic heterocycles. The van der Waals surface area contributed by atoms with Crippen molar-refractivity contribution in [3.05, 3.63) is 55.9 Å². The van der Waals surface area contributed by atoms with Crippen LogP contribution in [0.1, 0.15) is 45.5 Å². The maximum absolute atomic E-state index is 13.7. The fourth-order valence-electron chi connectivity index (χ4n) is 2.44. The van der Waals surface area contributed by atoms with Gasteiger partial charge in [-0.2, -0.15) is 0 Å². The standard InChI is InChI=1S/C18H21FN2O3S/c1-4-5-10-20(3)17(23)16-12(2)21(18(24)25-16)11-15(22)13-8-6-7-9-14(13)19/h6-9H,4-5,10-11H2,1-3H3. The molecule has 0 unspecified atom stereocenters. The summed E-state index contributed by atoms with van der Waals surface area (Å²) in [7, 11) is 1.69. The average molecular weight is 364 g/mol. The molecular weight excluding hydrogens is 343 g/mol. The van der Waals surface area contributed by atoms with Crippen LogP contribution < -0.4 is 4.87 Å². The van der Waals surface area contributed by atoms with E-state index in [1.54, 1.807) is 24.9 Å². The maximum Gasteiger partial charge on any atom is 0.308 e. The molecule has 0 spiro atoms. The van der Waals surface area contributed by atoms with Crippen molar-refractivity contribution in [2.45, 2.75) is 33.2 Å². The molecule has 7 heteroatoms. The molecule has 0 aliphatic heterocycles. The second-order valence-corrected chi connectivity index (χ2v) is 6.81. The Morgan fingerprint density at radius 2 is 1.96 bits per heavy atom. The van der Waals surface area contributed by atoms with Gasteiger partial charge in [0.1, 0.15) is 10.7 Å². The number of amides is 1. The Hall–Kier alpha value is -2.28. The predicted octanol–water partition coefficient (Wildman–Crippen LogP) is 3.11. The van der Waals surface area contributed by atoms with Gasteiger partial charge < -0.3 is 4.90 Å². The normalized spacial score (nSPS) is 10.7. The maximum atomic E-state index is 13.7. The van der Waals surface area contributed by atoms with Gasteiger partial charge in [-0.25, -0.2) is 4.39 Å². The summed E-state index contributed by atoms with van der Waals surface area (Å²) < 4.78 is 15.0. The van der Waals surface area contributed by atoms with Crippen molar-refractivity contribution >= 4 is 23.0 Å². The quantitative estimate of drug-likeness (QED) is 0.709. The number of unbranched alkanes of at least 4 members (excludes halogenated alkanes) is 1. The monoisotopic (exact) mass is 364 g/mol. The van der Waals surface area contributed by atoms with E-state index in [1.807, 2.05) is 6.92 Å². The minimum Gasteiger partial charge on any atom is -0.341 e. The van der Waals surface area contributed by atoms with Crippen LogP contribution in [0.2, 0.25) is 0 Å². The number of carbonyl (C=O) groups excluding carboxylic acids is 2. The second kappa shape index (κ2) is 8.20. The minimum atomic E-state index is -0.621. The molecule has 1 aromatic carbocycles. The lowest BCUT2D eigenvalue weighted by atomic mass is 10.1. The van der Waals surface area contributed by atoms with Gasteiger partial charge in [0.25, 0.3) is 5.91 Å². The van der Waals surface area contributed by atoms with Crippen LogP contribution in [0.4, 0.5) is 4.39 Å². The Kier molecular flexibility index (Phi) is 6.25. The number of Topliss-reactive ketones (excluding diaryl/α,β-unsaturated/α-hetero) is 1. The number of rotatable bonds is 7. The molecule has 134 valence electrons. The van der Waals surface area contributed by atoms with Crippen molar-refractivity contribution in [1.82, 2.24) is 9.47 Å². The van der Waals surface area contributed by atoms with Gasteiger partial charge >= 0.3 is 4.87 Å². The number of carbonyl (C=O) groups is 2. The molecule has 0 aliphatic carbocycles. The summed E-state index contributed by atoms with van der Waals surface area (Å²) in [5.74, 6) is -1.35. The number of hydrogen-bond donors (Lipinski definition) is 0. The van der Waals surface area contributed by atoms with E-state index >= 15 is 0 Å². The molecule has 5 nitrogen and oxygen atoms in total. The summed E-state index contributed by atoms with van der Waals surface area (Å²) in [6.07, 6.45) is 1.84. The van der Waals surface area contributed by atoms with Crippen LogP contribution in [-0.2, 0) is 6.54 Å². The second-order valence-electron chi connectivity index (χ2n) is 5.85. The molecule has 0 N–H and O–H groups in total. The topological polar surface area (TPSA) is 59.4 Å². The minimum absolute atomic E-state index is 0.0621. The summed E-state index contributed by atoms with van der Waals surface area (Å²) >= 11 is 0.822. The van der Waals surface area contributed by atoms with E-state index in [2.05, 4.69) is 0 Å². The van der Waals surface area contributed by atoms with Gasteiger partial charge in [-0.05, 0) is 25.5 Å². The molecule has 0 atom stereocenters. The third kappa shape index (κ3) is 4.22. The van der Waals surface area contributed by atoms with E-state index in [9.17, 15) is 18.8 Å². The van der Waals surface area contributed by atoms with Crippen LogP contribution in [-0.4, -0.2) is 34.7 Å². The van der Waals surface area contributed by atoms with Gasteiger partial charge in [0, 0.05) is 19.3 Å². The Morgan fingerprint density at radius 1 is 1.28 bits per heavy atom. The summed E-state index contributed by atoms with van der Waals surface area (Å²) in [6.45, 7) is 3.99. The third-order valence-electron chi connectivity index (χ3n) is 4.01. The number of halogens is 1. The van der Waals surface area contributed by atoms with Crippen LogP contribution >= 0.6 is 11.3 Å². The molecular formula is C18H21FN2O3S. The summed E-state index contributed by atoms with van der Waals surface area (Å²) in [5, 5.41) is 0. The van der Waals surface area contributed by atoms with Crippen molar-refractivity contribution in [1.29, 1.82) is 0 Å². The Morgan fingerprint density at radius 3 is 2.60 bits per heavy atom. The lowest BCUT2D eigenvalue weighted by molar-refractivity contribution is 0.0795. The number of ketones is 1. The number of benzene rings is 1. The van der Waals surface area contributed by atoms with Gasteiger partial charge in [0.15, 0.2) is 5.78 Å². The van der Waals surface area contributed by atoms with Crippen molar-refractivity contribution in [3.8, 4) is 0 Å². The van der Waals surface area contributed by atoms with E-state index in [0.29, 0.717) is 17.1 Å². The molecule has 1 amide bonds. The van der Waals surface area contributed by atoms with Crippen LogP contribution in [0, 0.1) is 12.7 Å². The van der Waals surface area contributed by atoms with Gasteiger partial charge in [-0.1, -0.05) is 36.8 Å². The molecule has 0 fully saturated rings. The van der Waals surface area contributed by atoms with E-state index in [4.69, 9.17) is 0 Å². The lowest BCUT2D eigenvalue weighted by Crippen LogP contribution is -2.28. The predicted molar refractivity (Wildman–Crippen MR) is 95.9 cm³/mol. The number of nitrogens with zero attached hydrogens (tertiary/aromatic N) is 2. The number of aromatic nitrogens is 1. The van der Waals surface area contributed by atoms with Crippen LogP contribution in [0.5, 0.6) is 0 Å². The van der Waals surface area contributed by atoms with Crippen molar-refractivity contribution in [2.75, 3.05) is 13.6 Å². The van der Waals surface area contributed by atoms with E-state index in [0.717, 1.165) is 24.2 Å². The molecule has 0 saturated heterocycles. The van der Waals surface area contributed by atoms with E-state index < -0.39 is 16.5 Å². The molecule has 2 aromatic rings. The van der Waals surface area contributed by atoms with E-state index in [1.165, 1.54) is 22.8 Å². The summed E-state index contributed by atoms with van der Waals surface area (Å²) in [6, 6.07) is 5.65. The smallest absolute Gasteiger partial charge is 0.308 e. The Bertz CT molecular complexity index is 841. The van der Waals surface area contributed by atoms with Crippen LogP contribution in [0.25, 0.3) is 0 Å². The molecule has 0 bridgehead atoms.